The average Bonchev–Trinajstić information content (AvgIpc) is 2.68. The highest BCUT2D eigenvalue weighted by Gasteiger charge is 2.30. The van der Waals surface area contributed by atoms with Crippen molar-refractivity contribution in [3.63, 3.8) is 0 Å². The third kappa shape index (κ3) is 3.16. The molecule has 3 rings (SSSR count). The molecule has 3 aromatic rings. The molecular formula is C22H19OPS. The molecule has 3 heteroatoms. The summed E-state index contributed by atoms with van der Waals surface area (Å²) in [7, 11) is 0. The first-order valence-electron chi connectivity index (χ1n) is 8.10. The highest BCUT2D eigenvalue weighted by atomic mass is 32.1. The summed E-state index contributed by atoms with van der Waals surface area (Å²) in [5.74, 6) is 0.0277. The van der Waals surface area contributed by atoms with Crippen LogP contribution < -0.4 is 15.9 Å². The summed E-state index contributed by atoms with van der Waals surface area (Å²) in [5.41, 5.74) is 0. The van der Waals surface area contributed by atoms with E-state index >= 15 is 0 Å². The van der Waals surface area contributed by atoms with Crippen molar-refractivity contribution in [2.24, 2.45) is 0 Å². The molecule has 0 aliphatic carbocycles. The molecule has 25 heavy (non-hydrogen) atoms. The Labute approximate surface area is 154 Å². The maximum Gasteiger partial charge on any atom is 0.161 e. The van der Waals surface area contributed by atoms with E-state index in [1.54, 1.807) is 12.3 Å². The van der Waals surface area contributed by atoms with Gasteiger partial charge in [0.05, 0.1) is 0 Å². The minimum atomic E-state index is -2.31. The van der Waals surface area contributed by atoms with Crippen molar-refractivity contribution in [2.75, 3.05) is 0 Å². The number of ketones is 1. The fourth-order valence-electron chi connectivity index (χ4n) is 3.22. The zero-order valence-corrected chi connectivity index (χ0v) is 15.7. The van der Waals surface area contributed by atoms with E-state index in [4.69, 9.17) is 12.2 Å². The van der Waals surface area contributed by atoms with Crippen LogP contribution in [0.5, 0.6) is 0 Å². The highest BCUT2D eigenvalue weighted by Crippen LogP contribution is 2.45. The molecule has 0 unspecified atom stereocenters. The zero-order chi connectivity index (χ0) is 17.7. The van der Waals surface area contributed by atoms with Gasteiger partial charge >= 0.3 is 0 Å². The fourth-order valence-corrected chi connectivity index (χ4v) is 8.08. The first kappa shape index (κ1) is 17.5. The van der Waals surface area contributed by atoms with E-state index in [-0.39, 0.29) is 5.78 Å². The molecule has 124 valence electrons. The number of carbonyl (C=O) groups excluding carboxylic acids is 1. The Morgan fingerprint density at radius 1 is 0.720 bits per heavy atom. The molecule has 0 fully saturated rings. The maximum absolute atomic E-state index is 12.6. The molecule has 0 atom stereocenters. The number of Topliss-reactive ketones (excluding diaryl/α,β-unsaturated/α-hetero) is 1. The van der Waals surface area contributed by atoms with E-state index in [0.717, 1.165) is 15.9 Å². The fraction of sp³-hybridized carbons (Fsp3) is 0.0455. The Balaban J connectivity index is 2.59. The van der Waals surface area contributed by atoms with Crippen molar-refractivity contribution < 1.29 is 4.79 Å². The predicted molar refractivity (Wildman–Crippen MR) is 114 cm³/mol. The van der Waals surface area contributed by atoms with Gasteiger partial charge in [-0.2, -0.15) is 0 Å². The van der Waals surface area contributed by atoms with Gasteiger partial charge in [-0.05, 0) is 29.7 Å². The van der Waals surface area contributed by atoms with Crippen molar-refractivity contribution in [1.29, 1.82) is 0 Å². The van der Waals surface area contributed by atoms with Gasteiger partial charge in [-0.15, -0.1) is 0 Å². The molecule has 0 saturated carbocycles. The van der Waals surface area contributed by atoms with Crippen LogP contribution in [-0.4, -0.2) is 16.4 Å². The lowest BCUT2D eigenvalue weighted by atomic mass is 10.3. The van der Waals surface area contributed by atoms with Crippen molar-refractivity contribution in [3.05, 3.63) is 91.0 Å². The van der Waals surface area contributed by atoms with Crippen LogP contribution in [0, 0.1) is 0 Å². The Kier molecular flexibility index (Phi) is 5.43. The molecule has 0 bridgehead atoms. The quantitative estimate of drug-likeness (QED) is 0.508. The smallest absolute Gasteiger partial charge is 0.161 e. The molecule has 0 radical (unpaired) electrons. The maximum atomic E-state index is 12.6. The Morgan fingerprint density at radius 2 is 1.04 bits per heavy atom. The molecule has 0 N–H and O–H groups in total. The molecule has 1 nitrogen and oxygen atoms in total. The van der Waals surface area contributed by atoms with Gasteiger partial charge in [-0.1, -0.05) is 103 Å². The summed E-state index contributed by atoms with van der Waals surface area (Å²) in [6.45, 7) is -0.699. The summed E-state index contributed by atoms with van der Waals surface area (Å²) in [6.07, 6.45) is 0. The second-order valence-electron chi connectivity index (χ2n) is 5.74. The molecular weight excluding hydrogens is 343 g/mol. The van der Waals surface area contributed by atoms with Gasteiger partial charge in [0, 0.05) is 10.7 Å². The van der Waals surface area contributed by atoms with Gasteiger partial charge < -0.3 is 0 Å². The van der Waals surface area contributed by atoms with Crippen molar-refractivity contribution >= 4 is 51.5 Å². The van der Waals surface area contributed by atoms with E-state index in [1.165, 1.54) is 0 Å². The van der Waals surface area contributed by atoms with Crippen LogP contribution in [0.4, 0.5) is 0 Å². The van der Waals surface area contributed by atoms with E-state index in [2.05, 4.69) is 36.4 Å². The summed E-state index contributed by atoms with van der Waals surface area (Å²) in [5, 5.41) is 5.71. The molecule has 0 spiro atoms. The normalized spacial score (nSPS) is 10.9. The van der Waals surface area contributed by atoms with Gasteiger partial charge in [0.1, 0.15) is 0 Å². The summed E-state index contributed by atoms with van der Waals surface area (Å²) in [6, 6.07) is 30.8. The third-order valence-corrected chi connectivity index (χ3v) is 9.06. The van der Waals surface area contributed by atoms with Crippen LogP contribution in [0.2, 0.25) is 0 Å². The molecule has 0 aliphatic heterocycles. The SMILES string of the molecule is CC(=O)C(C=S)=P(c1ccccc1)(c1ccccc1)c1ccccc1. The first-order valence-corrected chi connectivity index (χ1v) is 10.4. The van der Waals surface area contributed by atoms with Gasteiger partial charge in [0.25, 0.3) is 0 Å². The number of thiocarbonyl (C=S) groups is 1. The Hall–Kier alpha value is -2.28. The summed E-state index contributed by atoms with van der Waals surface area (Å²) >= 11 is 5.34. The Morgan fingerprint density at radius 3 is 1.28 bits per heavy atom. The lowest BCUT2D eigenvalue weighted by Crippen LogP contribution is -2.33. The average molecular weight is 362 g/mol. The third-order valence-electron chi connectivity index (χ3n) is 4.26. The van der Waals surface area contributed by atoms with Crippen molar-refractivity contribution in [3.8, 4) is 0 Å². The minimum Gasteiger partial charge on any atom is -0.294 e. The lowest BCUT2D eigenvalue weighted by Gasteiger charge is -2.30. The van der Waals surface area contributed by atoms with Gasteiger partial charge in [0.2, 0.25) is 0 Å². The number of rotatable bonds is 5. The van der Waals surface area contributed by atoms with E-state index < -0.39 is 6.89 Å². The second-order valence-corrected chi connectivity index (χ2v) is 9.35. The second kappa shape index (κ2) is 7.74. The highest BCUT2D eigenvalue weighted by molar-refractivity contribution is 7.99. The van der Waals surface area contributed by atoms with E-state index in [1.807, 2.05) is 54.6 Å². The monoisotopic (exact) mass is 362 g/mol. The van der Waals surface area contributed by atoms with Crippen LogP contribution in [0.1, 0.15) is 6.92 Å². The lowest BCUT2D eigenvalue weighted by molar-refractivity contribution is -0.110. The molecule has 0 saturated heterocycles. The number of benzene rings is 3. The molecule has 0 heterocycles. The minimum absolute atomic E-state index is 0.0277. The topological polar surface area (TPSA) is 17.1 Å². The molecule has 0 aliphatic rings. The van der Waals surface area contributed by atoms with Gasteiger partial charge in [0.15, 0.2) is 5.78 Å². The predicted octanol–water partition coefficient (Wildman–Crippen LogP) is 3.74. The van der Waals surface area contributed by atoms with Crippen molar-refractivity contribution in [2.45, 2.75) is 6.92 Å². The van der Waals surface area contributed by atoms with Crippen LogP contribution in [-0.2, 0) is 4.79 Å². The number of hydrogen-bond donors (Lipinski definition) is 0. The van der Waals surface area contributed by atoms with Crippen LogP contribution in [0.25, 0.3) is 0 Å². The van der Waals surface area contributed by atoms with Crippen LogP contribution in [0.15, 0.2) is 91.0 Å². The number of hydrogen-bond acceptors (Lipinski definition) is 2. The largest absolute Gasteiger partial charge is 0.294 e. The summed E-state index contributed by atoms with van der Waals surface area (Å²) in [4.78, 5) is 12.6. The standard InChI is InChI=1S/C22H19OPS/c1-18(23)22(17-25)24(19-11-5-2-6-12-19,20-13-7-3-8-14-20)21-15-9-4-10-16-21/h2-17H,1H3. The Bertz CT molecular complexity index is 828. The van der Waals surface area contributed by atoms with E-state index in [9.17, 15) is 4.79 Å². The number of carbonyl (C=O) groups is 1. The van der Waals surface area contributed by atoms with Crippen LogP contribution >= 0.6 is 19.1 Å². The van der Waals surface area contributed by atoms with Crippen molar-refractivity contribution in [1.82, 2.24) is 0 Å². The molecule has 0 amide bonds. The molecule has 3 aromatic carbocycles. The van der Waals surface area contributed by atoms with Gasteiger partial charge in [-0.3, -0.25) is 4.79 Å². The zero-order valence-electron chi connectivity index (χ0n) is 14.0. The summed E-state index contributed by atoms with van der Waals surface area (Å²) < 4.78 is 0. The van der Waals surface area contributed by atoms with E-state index in [0.29, 0.717) is 5.29 Å². The van der Waals surface area contributed by atoms with Crippen LogP contribution in [0.3, 0.4) is 0 Å². The van der Waals surface area contributed by atoms with Gasteiger partial charge in [-0.25, -0.2) is 0 Å². The molecule has 0 aromatic heterocycles. The first-order chi connectivity index (χ1) is 12.2.